The summed E-state index contributed by atoms with van der Waals surface area (Å²) in [5.74, 6) is 1.48. The van der Waals surface area contributed by atoms with Crippen molar-refractivity contribution >= 4 is 11.9 Å². The molecule has 7 heteroatoms. The summed E-state index contributed by atoms with van der Waals surface area (Å²) >= 11 is 0. The van der Waals surface area contributed by atoms with Crippen molar-refractivity contribution in [3.05, 3.63) is 59.8 Å². The van der Waals surface area contributed by atoms with Gasteiger partial charge in [0.05, 0.1) is 6.54 Å². The van der Waals surface area contributed by atoms with Gasteiger partial charge < -0.3 is 19.9 Å². The van der Waals surface area contributed by atoms with Crippen LogP contribution in [0.4, 0.5) is 0 Å². The number of likely N-dealkylation sites (tertiary alicyclic amines) is 1. The third kappa shape index (κ3) is 5.00. The van der Waals surface area contributed by atoms with Gasteiger partial charge in [0, 0.05) is 58.5 Å². The van der Waals surface area contributed by atoms with Crippen molar-refractivity contribution in [3.63, 3.8) is 0 Å². The minimum absolute atomic E-state index is 0.000266. The molecule has 28 heavy (non-hydrogen) atoms. The number of rotatable bonds is 5. The van der Waals surface area contributed by atoms with Gasteiger partial charge in [-0.1, -0.05) is 18.2 Å². The number of carbonyl (C=O) groups is 1. The van der Waals surface area contributed by atoms with Gasteiger partial charge >= 0.3 is 0 Å². The molecule has 0 radical (unpaired) electrons. The fraction of sp³-hybridized carbons (Fsp3) is 0.381. The second-order valence-electron chi connectivity index (χ2n) is 6.94. The Kier molecular flexibility index (Phi) is 6.47. The van der Waals surface area contributed by atoms with Crippen LogP contribution in [-0.2, 0) is 6.54 Å². The van der Waals surface area contributed by atoms with E-state index < -0.39 is 0 Å². The Morgan fingerprint density at radius 3 is 2.89 bits per heavy atom. The molecule has 7 nitrogen and oxygen atoms in total. The number of guanidine groups is 1. The largest absolute Gasteiger partial charge is 0.472 e. The van der Waals surface area contributed by atoms with Crippen molar-refractivity contribution in [2.45, 2.75) is 19.1 Å². The van der Waals surface area contributed by atoms with Crippen LogP contribution in [0, 0.1) is 0 Å². The topological polar surface area (TPSA) is 70.1 Å². The summed E-state index contributed by atoms with van der Waals surface area (Å²) in [4.78, 5) is 24.5. The Morgan fingerprint density at radius 2 is 2.18 bits per heavy atom. The summed E-state index contributed by atoms with van der Waals surface area (Å²) < 4.78 is 5.95. The number of aromatic nitrogens is 1. The van der Waals surface area contributed by atoms with Gasteiger partial charge in [0.1, 0.15) is 6.10 Å². The van der Waals surface area contributed by atoms with E-state index in [0.29, 0.717) is 18.0 Å². The van der Waals surface area contributed by atoms with Crippen LogP contribution in [0.2, 0.25) is 0 Å². The highest BCUT2D eigenvalue weighted by atomic mass is 16.5. The molecular formula is C21H27N5O2. The number of ether oxygens (including phenoxy) is 1. The Morgan fingerprint density at radius 1 is 1.32 bits per heavy atom. The zero-order valence-corrected chi connectivity index (χ0v) is 16.6. The number of hydrogen-bond donors (Lipinski definition) is 1. The lowest BCUT2D eigenvalue weighted by atomic mass is 10.1. The van der Waals surface area contributed by atoms with Gasteiger partial charge in [-0.2, -0.15) is 0 Å². The fourth-order valence-corrected chi connectivity index (χ4v) is 3.19. The summed E-state index contributed by atoms with van der Waals surface area (Å²) in [5.41, 5.74) is 1.72. The van der Waals surface area contributed by atoms with E-state index in [1.165, 1.54) is 0 Å². The summed E-state index contributed by atoms with van der Waals surface area (Å²) in [7, 11) is 5.29. The standard InChI is InChI=1S/C21H27N5O2/c1-22-21(24-14-16-7-6-8-17(13-16)20(27)25(2)3)26-12-10-18(15-26)28-19-9-4-5-11-23-19/h4-9,11,13,18H,10,12,14-15H2,1-3H3,(H,22,24). The predicted molar refractivity (Wildman–Crippen MR) is 110 cm³/mol. The van der Waals surface area contributed by atoms with Crippen LogP contribution >= 0.6 is 0 Å². The molecule has 0 aliphatic carbocycles. The maximum Gasteiger partial charge on any atom is 0.253 e. The fourth-order valence-electron chi connectivity index (χ4n) is 3.19. The van der Waals surface area contributed by atoms with Crippen LogP contribution in [-0.4, -0.2) is 67.0 Å². The first-order valence-electron chi connectivity index (χ1n) is 9.40. The zero-order chi connectivity index (χ0) is 19.9. The summed E-state index contributed by atoms with van der Waals surface area (Å²) in [5, 5.41) is 3.39. The summed E-state index contributed by atoms with van der Waals surface area (Å²) in [6, 6.07) is 13.3. The highest BCUT2D eigenvalue weighted by molar-refractivity contribution is 5.94. The molecule has 1 aliphatic rings. The van der Waals surface area contributed by atoms with Gasteiger partial charge in [0.15, 0.2) is 5.96 Å². The van der Waals surface area contributed by atoms with Crippen molar-refractivity contribution < 1.29 is 9.53 Å². The maximum absolute atomic E-state index is 12.1. The Bertz CT molecular complexity index is 823. The molecule has 2 heterocycles. The van der Waals surface area contributed by atoms with Gasteiger partial charge in [-0.05, 0) is 23.8 Å². The molecule has 3 rings (SSSR count). The summed E-state index contributed by atoms with van der Waals surface area (Å²) in [6.07, 6.45) is 2.75. The molecule has 1 aliphatic heterocycles. The van der Waals surface area contributed by atoms with Crippen LogP contribution in [0.5, 0.6) is 5.88 Å². The quantitative estimate of drug-likeness (QED) is 0.634. The molecule has 0 spiro atoms. The van der Waals surface area contributed by atoms with E-state index in [9.17, 15) is 4.79 Å². The van der Waals surface area contributed by atoms with Gasteiger partial charge in [-0.15, -0.1) is 0 Å². The third-order valence-electron chi connectivity index (χ3n) is 4.61. The predicted octanol–water partition coefficient (Wildman–Crippen LogP) is 2.01. The van der Waals surface area contributed by atoms with Gasteiger partial charge in [-0.25, -0.2) is 4.98 Å². The average Bonchev–Trinajstić information content (AvgIpc) is 3.17. The number of nitrogens with zero attached hydrogens (tertiary/aromatic N) is 4. The van der Waals surface area contributed by atoms with E-state index in [-0.39, 0.29) is 12.0 Å². The molecule has 1 atom stereocenters. The molecule has 1 fully saturated rings. The monoisotopic (exact) mass is 381 g/mol. The smallest absolute Gasteiger partial charge is 0.253 e. The highest BCUT2D eigenvalue weighted by Crippen LogP contribution is 2.16. The molecule has 1 aromatic carbocycles. The first-order chi connectivity index (χ1) is 13.6. The van der Waals surface area contributed by atoms with Crippen molar-refractivity contribution in [1.82, 2.24) is 20.1 Å². The molecule has 1 amide bonds. The van der Waals surface area contributed by atoms with Crippen LogP contribution < -0.4 is 10.1 Å². The minimum Gasteiger partial charge on any atom is -0.472 e. The van der Waals surface area contributed by atoms with Crippen LogP contribution in [0.3, 0.4) is 0 Å². The molecule has 1 saturated heterocycles. The molecule has 1 aromatic heterocycles. The van der Waals surface area contributed by atoms with Crippen molar-refractivity contribution in [2.75, 3.05) is 34.2 Å². The molecule has 1 N–H and O–H groups in total. The second kappa shape index (κ2) is 9.21. The van der Waals surface area contributed by atoms with Crippen LogP contribution in [0.25, 0.3) is 0 Å². The molecular weight excluding hydrogens is 354 g/mol. The first-order valence-corrected chi connectivity index (χ1v) is 9.40. The van der Waals surface area contributed by atoms with Crippen LogP contribution in [0.1, 0.15) is 22.3 Å². The van der Waals surface area contributed by atoms with E-state index in [0.717, 1.165) is 31.0 Å². The Labute approximate surface area is 166 Å². The SMILES string of the molecule is CN=C(NCc1cccc(C(=O)N(C)C)c1)N1CCC(Oc2ccccn2)C1. The Hall–Kier alpha value is -3.09. The maximum atomic E-state index is 12.1. The van der Waals surface area contributed by atoms with E-state index in [1.54, 1.807) is 32.2 Å². The number of carbonyl (C=O) groups excluding carboxylic acids is 1. The number of nitrogens with one attached hydrogen (secondary N) is 1. The third-order valence-corrected chi connectivity index (χ3v) is 4.61. The van der Waals surface area contributed by atoms with Crippen molar-refractivity contribution in [3.8, 4) is 5.88 Å². The van der Waals surface area contributed by atoms with Crippen molar-refractivity contribution in [2.24, 2.45) is 4.99 Å². The lowest BCUT2D eigenvalue weighted by Crippen LogP contribution is -2.40. The van der Waals surface area contributed by atoms with Gasteiger partial charge in [0.25, 0.3) is 5.91 Å². The minimum atomic E-state index is 0.000266. The molecule has 1 unspecified atom stereocenters. The normalized spacial score (nSPS) is 16.8. The second-order valence-corrected chi connectivity index (χ2v) is 6.94. The van der Waals surface area contributed by atoms with E-state index in [1.807, 2.05) is 42.5 Å². The lowest BCUT2D eigenvalue weighted by molar-refractivity contribution is 0.0827. The summed E-state index contributed by atoms with van der Waals surface area (Å²) in [6.45, 7) is 2.23. The highest BCUT2D eigenvalue weighted by Gasteiger charge is 2.26. The van der Waals surface area contributed by atoms with Gasteiger partial charge in [0.2, 0.25) is 5.88 Å². The molecule has 148 valence electrons. The average molecular weight is 381 g/mol. The van der Waals surface area contributed by atoms with Crippen molar-refractivity contribution in [1.29, 1.82) is 0 Å². The number of hydrogen-bond acceptors (Lipinski definition) is 4. The molecule has 2 aromatic rings. The van der Waals surface area contributed by atoms with Gasteiger partial charge in [-0.3, -0.25) is 9.79 Å². The number of pyridine rings is 1. The lowest BCUT2D eigenvalue weighted by Gasteiger charge is -2.22. The van der Waals surface area contributed by atoms with E-state index >= 15 is 0 Å². The number of aliphatic imine (C=N–C) groups is 1. The van der Waals surface area contributed by atoms with E-state index in [2.05, 4.69) is 20.2 Å². The number of benzene rings is 1. The van der Waals surface area contributed by atoms with E-state index in [4.69, 9.17) is 4.74 Å². The zero-order valence-electron chi connectivity index (χ0n) is 16.6. The first kappa shape index (κ1) is 19.7. The Balaban J connectivity index is 1.55. The molecule has 0 bridgehead atoms. The molecule has 0 saturated carbocycles. The number of amides is 1. The van der Waals surface area contributed by atoms with Crippen LogP contribution in [0.15, 0.2) is 53.7 Å².